The van der Waals surface area contributed by atoms with Crippen LogP contribution in [-0.2, 0) is 28.0 Å². The van der Waals surface area contributed by atoms with Gasteiger partial charge in [0.1, 0.15) is 0 Å². The van der Waals surface area contributed by atoms with Gasteiger partial charge in [-0.1, -0.05) is 24.3 Å². The van der Waals surface area contributed by atoms with Crippen LogP contribution in [0.3, 0.4) is 0 Å². The van der Waals surface area contributed by atoms with Crippen molar-refractivity contribution in [2.45, 2.75) is 25.4 Å². The topological polar surface area (TPSA) is 75.0 Å². The molecule has 3 N–H and O–H groups in total. The van der Waals surface area contributed by atoms with E-state index in [1.165, 1.54) is 13.2 Å². The Bertz CT molecular complexity index is 1120. The van der Waals surface area contributed by atoms with Crippen LogP contribution < -0.4 is 20.5 Å². The summed E-state index contributed by atoms with van der Waals surface area (Å²) in [5.74, 6) is 0.575. The molecule has 0 aliphatic carbocycles. The first kappa shape index (κ1) is 26.2. The zero-order valence-electron chi connectivity index (χ0n) is 19.8. The van der Waals surface area contributed by atoms with E-state index < -0.39 is 17.5 Å². The number of rotatable bonds is 6. The highest BCUT2D eigenvalue weighted by atomic mass is 19.4. The molecule has 9 heteroatoms. The van der Waals surface area contributed by atoms with E-state index in [9.17, 15) is 13.2 Å². The zero-order chi connectivity index (χ0) is 25.5. The number of nitrogen functional groups attached to an aromatic ring is 1. The fourth-order valence-corrected chi connectivity index (χ4v) is 3.50. The van der Waals surface area contributed by atoms with Crippen molar-refractivity contribution in [1.29, 1.82) is 0 Å². The lowest BCUT2D eigenvalue weighted by atomic mass is 10.1. The van der Waals surface area contributed by atoms with E-state index in [1.807, 2.05) is 37.3 Å². The van der Waals surface area contributed by atoms with Crippen molar-refractivity contribution in [3.63, 3.8) is 0 Å². The molecule has 1 fully saturated rings. The normalized spacial score (nSPS) is 14.6. The Balaban J connectivity index is 0.000000223. The average Bonchev–Trinajstić information content (AvgIpc) is 3.30. The minimum Gasteiger partial charge on any atom is -0.493 e. The van der Waals surface area contributed by atoms with Crippen molar-refractivity contribution < 1.29 is 32.1 Å². The van der Waals surface area contributed by atoms with Crippen LogP contribution >= 0.6 is 0 Å². The molecule has 0 atom stereocenters. The fourth-order valence-electron chi connectivity index (χ4n) is 3.50. The molecule has 6 nitrogen and oxygen atoms in total. The summed E-state index contributed by atoms with van der Waals surface area (Å²) in [6.45, 7) is 3.58. The Morgan fingerprint density at radius 1 is 0.914 bits per heavy atom. The number of ether oxygens (including phenoxy) is 4. The highest BCUT2D eigenvalue weighted by Crippen LogP contribution is 2.32. The lowest BCUT2D eigenvalue weighted by Gasteiger charge is -2.22. The number of alkyl halides is 3. The van der Waals surface area contributed by atoms with E-state index in [1.54, 1.807) is 25.3 Å². The van der Waals surface area contributed by atoms with Gasteiger partial charge in [0.25, 0.3) is 0 Å². The average molecular weight is 491 g/mol. The lowest BCUT2D eigenvalue weighted by Crippen LogP contribution is -2.22. The van der Waals surface area contributed by atoms with Gasteiger partial charge in [0.05, 0.1) is 33.0 Å². The molecule has 3 aromatic carbocycles. The van der Waals surface area contributed by atoms with Crippen molar-refractivity contribution in [1.82, 2.24) is 0 Å². The first-order valence-corrected chi connectivity index (χ1v) is 10.9. The number of nitrogens with one attached hydrogen (secondary N) is 1. The molecule has 0 aromatic heterocycles. The molecule has 0 radical (unpaired) electrons. The van der Waals surface area contributed by atoms with Crippen LogP contribution in [0, 0.1) is 0 Å². The first-order valence-electron chi connectivity index (χ1n) is 10.9. The first-order chi connectivity index (χ1) is 16.6. The third-order valence-electron chi connectivity index (χ3n) is 5.38. The number of anilines is 2. The molecule has 188 valence electrons. The van der Waals surface area contributed by atoms with Gasteiger partial charge in [-0.3, -0.25) is 0 Å². The SMILES string of the molecule is CC1(c2cccc(N)c2)OCCO1.COc1ccc(CNc2cccc(C(F)(F)F)c2)cc1OC. The van der Waals surface area contributed by atoms with Crippen LogP contribution in [0.2, 0.25) is 0 Å². The largest absolute Gasteiger partial charge is 0.493 e. The van der Waals surface area contributed by atoms with Crippen LogP contribution in [0.25, 0.3) is 0 Å². The standard InChI is InChI=1S/C16H16F3NO2.C10H13NO2/c1-21-14-7-6-11(8-15(14)22-2)10-20-13-5-3-4-12(9-13)16(17,18)19;1-10(12-5-6-13-10)8-3-2-4-9(11)7-8/h3-9,20H,10H2,1-2H3;2-4,7H,5-6,11H2,1H3. The minimum absolute atomic E-state index is 0.377. The van der Waals surface area contributed by atoms with E-state index in [4.69, 9.17) is 24.7 Å². The van der Waals surface area contributed by atoms with Crippen molar-refractivity contribution in [2.75, 3.05) is 38.5 Å². The van der Waals surface area contributed by atoms with E-state index >= 15 is 0 Å². The van der Waals surface area contributed by atoms with Gasteiger partial charge in [0, 0.05) is 23.5 Å². The molecular formula is C26H29F3N2O4. The monoisotopic (exact) mass is 490 g/mol. The number of hydrogen-bond donors (Lipinski definition) is 2. The number of hydrogen-bond acceptors (Lipinski definition) is 6. The van der Waals surface area contributed by atoms with Crippen LogP contribution in [0.4, 0.5) is 24.5 Å². The molecule has 0 spiro atoms. The molecule has 1 heterocycles. The summed E-state index contributed by atoms with van der Waals surface area (Å²) in [6, 6.07) is 18.0. The molecule has 1 aliphatic heterocycles. The Morgan fingerprint density at radius 3 is 2.23 bits per heavy atom. The summed E-state index contributed by atoms with van der Waals surface area (Å²) in [7, 11) is 3.07. The van der Waals surface area contributed by atoms with Gasteiger partial charge in [-0.2, -0.15) is 13.2 Å². The van der Waals surface area contributed by atoms with Gasteiger partial charge in [0.2, 0.25) is 0 Å². The quantitative estimate of drug-likeness (QED) is 0.424. The maximum atomic E-state index is 12.7. The third-order valence-corrected chi connectivity index (χ3v) is 5.38. The molecule has 1 aliphatic rings. The van der Waals surface area contributed by atoms with E-state index in [2.05, 4.69) is 5.32 Å². The maximum absolute atomic E-state index is 12.7. The Labute approximate surface area is 202 Å². The Morgan fingerprint density at radius 2 is 1.60 bits per heavy atom. The summed E-state index contributed by atoms with van der Waals surface area (Å²) in [6.07, 6.45) is -4.35. The maximum Gasteiger partial charge on any atom is 0.416 e. The second-order valence-corrected chi connectivity index (χ2v) is 7.89. The molecule has 3 aromatic rings. The summed E-state index contributed by atoms with van der Waals surface area (Å²) in [4.78, 5) is 0. The van der Waals surface area contributed by atoms with Gasteiger partial charge < -0.3 is 30.0 Å². The third kappa shape index (κ3) is 7.03. The Hall–Kier alpha value is -3.43. The van der Waals surface area contributed by atoms with E-state index in [-0.39, 0.29) is 0 Å². The van der Waals surface area contributed by atoms with Crippen molar-refractivity contribution in [2.24, 2.45) is 0 Å². The van der Waals surface area contributed by atoms with Gasteiger partial charge in [-0.05, 0) is 55.0 Å². The van der Waals surface area contributed by atoms with Crippen LogP contribution in [0.1, 0.15) is 23.6 Å². The van der Waals surface area contributed by atoms with Crippen LogP contribution in [0.5, 0.6) is 11.5 Å². The summed E-state index contributed by atoms with van der Waals surface area (Å²) < 4.78 is 59.3. The van der Waals surface area contributed by atoms with Gasteiger partial charge in [-0.25, -0.2) is 0 Å². The van der Waals surface area contributed by atoms with Gasteiger partial charge in [-0.15, -0.1) is 0 Å². The minimum atomic E-state index is -4.35. The molecule has 35 heavy (non-hydrogen) atoms. The molecule has 4 rings (SSSR count). The second kappa shape index (κ2) is 11.3. The fraction of sp³-hybridized carbons (Fsp3) is 0.308. The smallest absolute Gasteiger partial charge is 0.416 e. The van der Waals surface area contributed by atoms with Gasteiger partial charge >= 0.3 is 6.18 Å². The summed E-state index contributed by atoms with van der Waals surface area (Å²) in [5.41, 5.74) is 7.99. The predicted molar refractivity (Wildman–Crippen MR) is 128 cm³/mol. The summed E-state index contributed by atoms with van der Waals surface area (Å²) in [5, 5.41) is 2.97. The van der Waals surface area contributed by atoms with Crippen LogP contribution in [-0.4, -0.2) is 27.4 Å². The predicted octanol–water partition coefficient (Wildman–Crippen LogP) is 5.82. The number of benzene rings is 3. The summed E-state index contributed by atoms with van der Waals surface area (Å²) >= 11 is 0. The molecule has 0 unspecified atom stereocenters. The van der Waals surface area contributed by atoms with Crippen LogP contribution in [0.15, 0.2) is 66.7 Å². The highest BCUT2D eigenvalue weighted by molar-refractivity contribution is 5.48. The number of methoxy groups -OCH3 is 2. The van der Waals surface area contributed by atoms with Crippen molar-refractivity contribution >= 4 is 11.4 Å². The van der Waals surface area contributed by atoms with Gasteiger partial charge in [0.15, 0.2) is 17.3 Å². The molecule has 0 saturated carbocycles. The molecule has 0 bridgehead atoms. The Kier molecular flexibility index (Phi) is 8.48. The number of halogens is 3. The molecule has 0 amide bonds. The van der Waals surface area contributed by atoms with E-state index in [0.717, 1.165) is 28.9 Å². The molecule has 1 saturated heterocycles. The highest BCUT2D eigenvalue weighted by Gasteiger charge is 2.33. The van der Waals surface area contributed by atoms with Crippen molar-refractivity contribution in [3.8, 4) is 11.5 Å². The number of nitrogens with two attached hydrogens (primary N) is 1. The van der Waals surface area contributed by atoms with Crippen molar-refractivity contribution in [3.05, 3.63) is 83.4 Å². The van der Waals surface area contributed by atoms with E-state index in [0.29, 0.717) is 36.9 Å². The zero-order valence-corrected chi connectivity index (χ0v) is 19.8. The molecular weight excluding hydrogens is 461 g/mol. The lowest BCUT2D eigenvalue weighted by molar-refractivity contribution is -0.149. The second-order valence-electron chi connectivity index (χ2n) is 7.89.